The van der Waals surface area contributed by atoms with Crippen LogP contribution in [0.3, 0.4) is 0 Å². The van der Waals surface area contributed by atoms with Gasteiger partial charge in [-0.25, -0.2) is 0 Å². The van der Waals surface area contributed by atoms with Gasteiger partial charge in [0.1, 0.15) is 11.8 Å². The molecular weight excluding hydrogens is 248 g/mol. The number of halogens is 1. The average molecular weight is 265 g/mol. The van der Waals surface area contributed by atoms with E-state index < -0.39 is 0 Å². The normalized spacial score (nSPS) is 19.7. The van der Waals surface area contributed by atoms with E-state index in [0.717, 1.165) is 12.2 Å². The van der Waals surface area contributed by atoms with Gasteiger partial charge >= 0.3 is 0 Å². The second kappa shape index (κ2) is 6.08. The van der Waals surface area contributed by atoms with Gasteiger partial charge in [-0.2, -0.15) is 5.26 Å². The molecule has 96 valence electrons. The molecule has 1 aliphatic rings. The molecule has 1 aromatic rings. The van der Waals surface area contributed by atoms with Crippen molar-refractivity contribution in [2.45, 2.75) is 25.3 Å². The Morgan fingerprint density at radius 3 is 3.00 bits per heavy atom. The van der Waals surface area contributed by atoms with E-state index >= 15 is 0 Å². The Morgan fingerprint density at radius 2 is 2.39 bits per heavy atom. The van der Waals surface area contributed by atoms with Crippen LogP contribution in [0.4, 0.5) is 0 Å². The molecule has 0 saturated carbocycles. The summed E-state index contributed by atoms with van der Waals surface area (Å²) in [5.74, 6) is 0.736. The van der Waals surface area contributed by atoms with Crippen LogP contribution in [0.2, 0.25) is 5.02 Å². The molecule has 0 amide bonds. The molecular formula is C14H17ClN2O. The van der Waals surface area contributed by atoms with Gasteiger partial charge in [-0.05, 0) is 45.0 Å². The third kappa shape index (κ3) is 3.16. The Kier molecular flexibility index (Phi) is 4.46. The predicted octanol–water partition coefficient (Wildman–Crippen LogP) is 3.07. The Morgan fingerprint density at radius 1 is 1.56 bits per heavy atom. The van der Waals surface area contributed by atoms with E-state index in [2.05, 4.69) is 11.9 Å². The zero-order valence-electron chi connectivity index (χ0n) is 10.5. The lowest BCUT2D eigenvalue weighted by Crippen LogP contribution is -2.26. The van der Waals surface area contributed by atoms with Crippen LogP contribution < -0.4 is 4.74 Å². The molecule has 0 radical (unpaired) electrons. The van der Waals surface area contributed by atoms with Gasteiger partial charge in [-0.1, -0.05) is 11.6 Å². The molecule has 0 spiro atoms. The number of nitrogens with zero attached hydrogens (tertiary/aromatic N) is 2. The molecule has 1 fully saturated rings. The zero-order valence-corrected chi connectivity index (χ0v) is 11.3. The van der Waals surface area contributed by atoms with E-state index in [1.807, 2.05) is 6.07 Å². The van der Waals surface area contributed by atoms with Gasteiger partial charge in [0.15, 0.2) is 0 Å². The van der Waals surface area contributed by atoms with Crippen LogP contribution in [0.15, 0.2) is 18.2 Å². The maximum Gasteiger partial charge on any atom is 0.120 e. The summed E-state index contributed by atoms with van der Waals surface area (Å²) in [5, 5.41) is 9.23. The lowest BCUT2D eigenvalue weighted by atomic mass is 10.1. The summed E-state index contributed by atoms with van der Waals surface area (Å²) >= 11 is 5.95. The molecule has 0 aromatic heterocycles. The highest BCUT2D eigenvalue weighted by atomic mass is 35.5. The molecule has 1 aliphatic heterocycles. The van der Waals surface area contributed by atoms with Gasteiger partial charge in [0.25, 0.3) is 0 Å². The number of benzene rings is 1. The molecule has 18 heavy (non-hydrogen) atoms. The third-order valence-corrected chi connectivity index (χ3v) is 3.77. The first-order valence-electron chi connectivity index (χ1n) is 6.23. The topological polar surface area (TPSA) is 36.3 Å². The average Bonchev–Trinajstić information content (AvgIpc) is 2.75. The zero-order chi connectivity index (χ0) is 13.0. The number of rotatable bonds is 4. The summed E-state index contributed by atoms with van der Waals surface area (Å²) in [7, 11) is 2.16. The Balaban J connectivity index is 1.83. The lowest BCUT2D eigenvalue weighted by molar-refractivity contribution is 0.233. The highest BCUT2D eigenvalue weighted by molar-refractivity contribution is 6.31. The van der Waals surface area contributed by atoms with Gasteiger partial charge in [-0.15, -0.1) is 0 Å². The molecule has 1 heterocycles. The van der Waals surface area contributed by atoms with Crippen molar-refractivity contribution in [2.24, 2.45) is 0 Å². The van der Waals surface area contributed by atoms with Gasteiger partial charge in [-0.3, -0.25) is 0 Å². The summed E-state index contributed by atoms with van der Waals surface area (Å²) in [6.07, 6.45) is 3.58. The van der Waals surface area contributed by atoms with Crippen molar-refractivity contribution in [3.8, 4) is 11.8 Å². The minimum atomic E-state index is 0.452. The molecule has 3 nitrogen and oxygen atoms in total. The van der Waals surface area contributed by atoms with Crippen molar-refractivity contribution in [2.75, 3.05) is 20.2 Å². The first-order valence-corrected chi connectivity index (χ1v) is 6.61. The van der Waals surface area contributed by atoms with Crippen molar-refractivity contribution >= 4 is 11.6 Å². The molecule has 1 saturated heterocycles. The minimum Gasteiger partial charge on any atom is -0.493 e. The number of nitriles is 1. The summed E-state index contributed by atoms with van der Waals surface area (Å²) in [6, 6.07) is 7.87. The van der Waals surface area contributed by atoms with Gasteiger partial charge in [0.2, 0.25) is 0 Å². The second-order valence-electron chi connectivity index (χ2n) is 4.67. The molecule has 1 unspecified atom stereocenters. The summed E-state index contributed by atoms with van der Waals surface area (Å²) in [4.78, 5) is 2.38. The Hall–Kier alpha value is -1.24. The van der Waals surface area contributed by atoms with Gasteiger partial charge in [0, 0.05) is 12.1 Å². The highest BCUT2D eigenvalue weighted by Crippen LogP contribution is 2.23. The smallest absolute Gasteiger partial charge is 0.120 e. The highest BCUT2D eigenvalue weighted by Gasteiger charge is 2.20. The van der Waals surface area contributed by atoms with E-state index in [1.54, 1.807) is 18.2 Å². The maximum absolute atomic E-state index is 8.78. The number of hydrogen-bond acceptors (Lipinski definition) is 3. The molecule has 4 heteroatoms. The molecule has 1 atom stereocenters. The third-order valence-electron chi connectivity index (χ3n) is 3.45. The fraction of sp³-hybridized carbons (Fsp3) is 0.500. The van der Waals surface area contributed by atoms with Crippen LogP contribution >= 0.6 is 11.6 Å². The van der Waals surface area contributed by atoms with E-state index in [9.17, 15) is 0 Å². The first-order chi connectivity index (χ1) is 8.70. The van der Waals surface area contributed by atoms with Gasteiger partial charge < -0.3 is 9.64 Å². The van der Waals surface area contributed by atoms with Crippen LogP contribution in [0.1, 0.15) is 24.8 Å². The minimum absolute atomic E-state index is 0.452. The van der Waals surface area contributed by atoms with Crippen molar-refractivity contribution in [1.82, 2.24) is 4.90 Å². The number of likely N-dealkylation sites (tertiary alicyclic amines) is 1. The molecule has 0 aliphatic carbocycles. The van der Waals surface area contributed by atoms with Crippen LogP contribution in [0.25, 0.3) is 0 Å². The maximum atomic E-state index is 8.78. The second-order valence-corrected chi connectivity index (χ2v) is 5.07. The Labute approximate surface area is 113 Å². The molecule has 0 N–H and O–H groups in total. The Bertz CT molecular complexity index is 456. The molecule has 1 aromatic carbocycles. The molecule has 0 bridgehead atoms. The summed E-state index contributed by atoms with van der Waals surface area (Å²) in [5.41, 5.74) is 0.486. The van der Waals surface area contributed by atoms with E-state index in [1.165, 1.54) is 19.4 Å². The molecule has 2 rings (SSSR count). The fourth-order valence-corrected chi connectivity index (χ4v) is 2.55. The van der Waals surface area contributed by atoms with Crippen molar-refractivity contribution in [1.29, 1.82) is 5.26 Å². The predicted molar refractivity (Wildman–Crippen MR) is 71.9 cm³/mol. The summed E-state index contributed by atoms with van der Waals surface area (Å²) in [6.45, 7) is 1.88. The van der Waals surface area contributed by atoms with Crippen molar-refractivity contribution in [3.05, 3.63) is 28.8 Å². The summed E-state index contributed by atoms with van der Waals surface area (Å²) < 4.78 is 5.68. The number of ether oxygens (including phenoxy) is 1. The van der Waals surface area contributed by atoms with Crippen molar-refractivity contribution < 1.29 is 4.74 Å². The van der Waals surface area contributed by atoms with Crippen LogP contribution in [-0.2, 0) is 0 Å². The largest absolute Gasteiger partial charge is 0.493 e. The van der Waals surface area contributed by atoms with Gasteiger partial charge in [0.05, 0.1) is 17.2 Å². The van der Waals surface area contributed by atoms with E-state index in [0.29, 0.717) is 23.2 Å². The van der Waals surface area contributed by atoms with E-state index in [4.69, 9.17) is 21.6 Å². The first kappa shape index (κ1) is 13.2. The van der Waals surface area contributed by atoms with Crippen LogP contribution in [-0.4, -0.2) is 31.1 Å². The van der Waals surface area contributed by atoms with Crippen LogP contribution in [0, 0.1) is 11.3 Å². The number of hydrogen-bond donors (Lipinski definition) is 0. The SMILES string of the molecule is CN1CCCC1CCOc1ccc(C#N)c(Cl)c1. The monoisotopic (exact) mass is 264 g/mol. The quantitative estimate of drug-likeness (QED) is 0.839. The fourth-order valence-electron chi connectivity index (χ4n) is 2.33. The van der Waals surface area contributed by atoms with E-state index in [-0.39, 0.29) is 0 Å². The van der Waals surface area contributed by atoms with Crippen molar-refractivity contribution in [3.63, 3.8) is 0 Å². The standard InChI is InChI=1S/C14H17ClN2O/c1-17-7-2-3-12(17)6-8-18-13-5-4-11(10-16)14(15)9-13/h4-5,9,12H,2-3,6-8H2,1H3. The van der Waals surface area contributed by atoms with Crippen LogP contribution in [0.5, 0.6) is 5.75 Å². The lowest BCUT2D eigenvalue weighted by Gasteiger charge is -2.19.